The molecule has 0 aliphatic carbocycles. The SMILES string of the molecule is CCCn1[nH]c2c(c1=O)CSC2. The molecule has 1 aromatic heterocycles. The number of H-pyrrole nitrogens is 1. The van der Waals surface area contributed by atoms with E-state index in [1.807, 2.05) is 0 Å². The lowest BCUT2D eigenvalue weighted by Crippen LogP contribution is -2.18. The van der Waals surface area contributed by atoms with E-state index >= 15 is 0 Å². The summed E-state index contributed by atoms with van der Waals surface area (Å²) < 4.78 is 1.73. The number of nitrogens with zero attached hydrogens (tertiary/aromatic N) is 1. The fourth-order valence-corrected chi connectivity index (χ4v) is 2.52. The molecule has 3 nitrogen and oxygen atoms in total. The van der Waals surface area contributed by atoms with Gasteiger partial charge in [0.25, 0.3) is 5.56 Å². The molecule has 2 heterocycles. The first-order valence-electron chi connectivity index (χ1n) is 4.21. The molecule has 0 atom stereocenters. The van der Waals surface area contributed by atoms with Crippen LogP contribution in [0.1, 0.15) is 24.6 Å². The van der Waals surface area contributed by atoms with Crippen LogP contribution < -0.4 is 5.56 Å². The molecule has 0 fully saturated rings. The molecule has 66 valence electrons. The zero-order valence-electron chi connectivity index (χ0n) is 7.09. The molecule has 4 heteroatoms. The topological polar surface area (TPSA) is 37.8 Å². The largest absolute Gasteiger partial charge is 0.299 e. The smallest absolute Gasteiger partial charge is 0.270 e. The fraction of sp³-hybridized carbons (Fsp3) is 0.625. The van der Waals surface area contributed by atoms with Gasteiger partial charge in [0.05, 0.1) is 11.3 Å². The summed E-state index contributed by atoms with van der Waals surface area (Å²) in [4.78, 5) is 11.6. The molecule has 1 aliphatic heterocycles. The van der Waals surface area contributed by atoms with E-state index in [1.54, 1.807) is 16.4 Å². The summed E-state index contributed by atoms with van der Waals surface area (Å²) in [7, 11) is 0. The van der Waals surface area contributed by atoms with Gasteiger partial charge in [0.1, 0.15) is 0 Å². The molecule has 0 saturated heterocycles. The van der Waals surface area contributed by atoms with Crippen LogP contribution in [0.3, 0.4) is 0 Å². The minimum absolute atomic E-state index is 0.192. The maximum atomic E-state index is 11.6. The maximum absolute atomic E-state index is 11.6. The van der Waals surface area contributed by atoms with Crippen LogP contribution in [0.2, 0.25) is 0 Å². The van der Waals surface area contributed by atoms with E-state index in [4.69, 9.17) is 0 Å². The van der Waals surface area contributed by atoms with Crippen molar-refractivity contribution in [2.45, 2.75) is 31.4 Å². The first-order chi connectivity index (χ1) is 5.83. The Morgan fingerprint density at radius 1 is 1.58 bits per heavy atom. The highest BCUT2D eigenvalue weighted by atomic mass is 32.2. The lowest BCUT2D eigenvalue weighted by molar-refractivity contribution is 0.580. The highest BCUT2D eigenvalue weighted by Gasteiger charge is 2.18. The Morgan fingerprint density at radius 3 is 3.08 bits per heavy atom. The number of hydrogen-bond acceptors (Lipinski definition) is 2. The molecule has 1 N–H and O–H groups in total. The Morgan fingerprint density at radius 2 is 2.42 bits per heavy atom. The molecule has 0 unspecified atom stereocenters. The van der Waals surface area contributed by atoms with E-state index in [2.05, 4.69) is 12.0 Å². The van der Waals surface area contributed by atoms with Gasteiger partial charge in [-0.1, -0.05) is 6.92 Å². The number of nitrogens with one attached hydrogen (secondary N) is 1. The minimum Gasteiger partial charge on any atom is -0.299 e. The summed E-state index contributed by atoms with van der Waals surface area (Å²) in [5.74, 6) is 1.86. The van der Waals surface area contributed by atoms with Crippen molar-refractivity contribution < 1.29 is 0 Å². The number of aromatic nitrogens is 2. The molecule has 0 aromatic carbocycles. The van der Waals surface area contributed by atoms with Crippen molar-refractivity contribution in [2.24, 2.45) is 0 Å². The van der Waals surface area contributed by atoms with Gasteiger partial charge in [-0.15, -0.1) is 0 Å². The number of fused-ring (bicyclic) bond motifs is 1. The quantitative estimate of drug-likeness (QED) is 0.753. The Kier molecular flexibility index (Phi) is 2.00. The van der Waals surface area contributed by atoms with Crippen molar-refractivity contribution in [2.75, 3.05) is 0 Å². The second-order valence-corrected chi connectivity index (χ2v) is 4.00. The number of aromatic amines is 1. The summed E-state index contributed by atoms with van der Waals surface area (Å²) in [5.41, 5.74) is 2.32. The van der Waals surface area contributed by atoms with Gasteiger partial charge in [0.15, 0.2) is 0 Å². The molecular formula is C8H12N2OS. The molecule has 0 amide bonds. The predicted molar refractivity (Wildman–Crippen MR) is 50.3 cm³/mol. The summed E-state index contributed by atoms with van der Waals surface area (Å²) in [6.45, 7) is 2.89. The normalized spacial score (nSPS) is 15.1. The molecule has 0 spiro atoms. The van der Waals surface area contributed by atoms with E-state index in [-0.39, 0.29) is 5.56 Å². The van der Waals surface area contributed by atoms with Crippen molar-refractivity contribution in [3.05, 3.63) is 21.6 Å². The molecule has 1 aliphatic rings. The summed E-state index contributed by atoms with van der Waals surface area (Å²) in [5, 5.41) is 3.15. The zero-order chi connectivity index (χ0) is 8.55. The summed E-state index contributed by atoms with van der Waals surface area (Å²) >= 11 is 1.81. The second-order valence-electron chi connectivity index (χ2n) is 3.02. The number of aryl methyl sites for hydroxylation is 1. The summed E-state index contributed by atoms with van der Waals surface area (Å²) in [6.07, 6.45) is 1.01. The van der Waals surface area contributed by atoms with Crippen LogP contribution in [0, 0.1) is 0 Å². The van der Waals surface area contributed by atoms with Crippen molar-refractivity contribution in [1.29, 1.82) is 0 Å². The predicted octanol–water partition coefficient (Wildman–Crippen LogP) is 1.33. The Hall–Kier alpha value is -0.640. The van der Waals surface area contributed by atoms with Crippen LogP contribution in [-0.2, 0) is 18.1 Å². The van der Waals surface area contributed by atoms with Gasteiger partial charge < -0.3 is 0 Å². The van der Waals surface area contributed by atoms with Gasteiger partial charge in [-0.25, -0.2) is 0 Å². The van der Waals surface area contributed by atoms with E-state index in [0.29, 0.717) is 0 Å². The monoisotopic (exact) mass is 184 g/mol. The van der Waals surface area contributed by atoms with Crippen LogP contribution >= 0.6 is 11.8 Å². The lowest BCUT2D eigenvalue weighted by Gasteiger charge is -1.97. The Balaban J connectivity index is 2.41. The van der Waals surface area contributed by atoms with Gasteiger partial charge in [0.2, 0.25) is 0 Å². The Labute approximate surface area is 75.1 Å². The number of thioether (sulfide) groups is 1. The van der Waals surface area contributed by atoms with Crippen LogP contribution in [0.5, 0.6) is 0 Å². The van der Waals surface area contributed by atoms with Gasteiger partial charge >= 0.3 is 0 Å². The molecule has 1 aromatic rings. The third-order valence-electron chi connectivity index (χ3n) is 2.08. The van der Waals surface area contributed by atoms with E-state index in [0.717, 1.165) is 35.7 Å². The molecule has 2 rings (SSSR count). The average molecular weight is 184 g/mol. The van der Waals surface area contributed by atoms with Crippen LogP contribution in [0.4, 0.5) is 0 Å². The van der Waals surface area contributed by atoms with Crippen molar-refractivity contribution in [1.82, 2.24) is 9.78 Å². The standard InChI is InChI=1S/C8H12N2OS/c1-2-3-10-8(11)6-4-12-5-7(6)9-10/h9H,2-5H2,1H3. The minimum atomic E-state index is 0.192. The average Bonchev–Trinajstić information content (AvgIpc) is 2.58. The molecule has 0 saturated carbocycles. The third kappa shape index (κ3) is 1.10. The van der Waals surface area contributed by atoms with Crippen LogP contribution in [0.15, 0.2) is 4.79 Å². The van der Waals surface area contributed by atoms with Gasteiger partial charge in [-0.2, -0.15) is 11.8 Å². The van der Waals surface area contributed by atoms with E-state index < -0.39 is 0 Å². The lowest BCUT2D eigenvalue weighted by atomic mass is 10.3. The second kappa shape index (κ2) is 3.01. The van der Waals surface area contributed by atoms with Crippen molar-refractivity contribution in [3.8, 4) is 0 Å². The van der Waals surface area contributed by atoms with Crippen LogP contribution in [0.25, 0.3) is 0 Å². The molecular weight excluding hydrogens is 172 g/mol. The van der Waals surface area contributed by atoms with Gasteiger partial charge in [-0.3, -0.25) is 14.6 Å². The number of rotatable bonds is 2. The van der Waals surface area contributed by atoms with Crippen LogP contribution in [-0.4, -0.2) is 9.78 Å². The van der Waals surface area contributed by atoms with Gasteiger partial charge in [0, 0.05) is 18.1 Å². The third-order valence-corrected chi connectivity index (χ3v) is 3.06. The van der Waals surface area contributed by atoms with Crippen molar-refractivity contribution >= 4 is 11.8 Å². The number of hydrogen-bond donors (Lipinski definition) is 1. The molecule has 0 bridgehead atoms. The first-order valence-corrected chi connectivity index (χ1v) is 5.36. The fourth-order valence-electron chi connectivity index (χ4n) is 1.48. The Bertz CT molecular complexity index is 339. The van der Waals surface area contributed by atoms with E-state index in [1.165, 1.54) is 0 Å². The summed E-state index contributed by atoms with van der Waals surface area (Å²) in [6, 6.07) is 0. The first kappa shape index (κ1) is 7.98. The van der Waals surface area contributed by atoms with Gasteiger partial charge in [-0.05, 0) is 6.42 Å². The zero-order valence-corrected chi connectivity index (χ0v) is 7.91. The maximum Gasteiger partial charge on any atom is 0.270 e. The van der Waals surface area contributed by atoms with Crippen molar-refractivity contribution in [3.63, 3.8) is 0 Å². The van der Waals surface area contributed by atoms with E-state index in [9.17, 15) is 4.79 Å². The highest BCUT2D eigenvalue weighted by Crippen LogP contribution is 2.25. The molecule has 12 heavy (non-hydrogen) atoms. The highest BCUT2D eigenvalue weighted by molar-refractivity contribution is 7.98. The molecule has 0 radical (unpaired) electrons.